The van der Waals surface area contributed by atoms with Gasteiger partial charge < -0.3 is 11.1 Å². The number of hydrogen-bond donors (Lipinski definition) is 3. The first-order valence-electron chi connectivity index (χ1n) is 6.90. The molecule has 1 aliphatic rings. The third-order valence-corrected chi connectivity index (χ3v) is 5.39. The number of nitrogens with one attached hydrogen (secondary N) is 2. The van der Waals surface area contributed by atoms with Crippen molar-refractivity contribution in [3.05, 3.63) is 23.3 Å². The summed E-state index contributed by atoms with van der Waals surface area (Å²) in [6, 6.07) is 2.70. The molecule has 1 atom stereocenters. The van der Waals surface area contributed by atoms with Gasteiger partial charge in [-0.05, 0) is 50.8 Å². The molecule has 1 unspecified atom stereocenters. The van der Waals surface area contributed by atoms with E-state index >= 15 is 0 Å². The van der Waals surface area contributed by atoms with Gasteiger partial charge in [0.15, 0.2) is 0 Å². The highest BCUT2D eigenvalue weighted by Crippen LogP contribution is 2.25. The van der Waals surface area contributed by atoms with Gasteiger partial charge in [-0.25, -0.2) is 8.42 Å². The molecule has 1 fully saturated rings. The van der Waals surface area contributed by atoms with Crippen LogP contribution in [0.1, 0.15) is 30.9 Å². The van der Waals surface area contributed by atoms with Gasteiger partial charge in [-0.1, -0.05) is 6.07 Å². The van der Waals surface area contributed by atoms with Crippen molar-refractivity contribution in [2.45, 2.75) is 50.6 Å². The highest BCUT2D eigenvalue weighted by atomic mass is 32.2. The Labute approximate surface area is 125 Å². The summed E-state index contributed by atoms with van der Waals surface area (Å²) in [5.74, 6) is -0.305. The van der Waals surface area contributed by atoms with Crippen molar-refractivity contribution in [2.75, 3.05) is 5.73 Å². The van der Waals surface area contributed by atoms with Crippen molar-refractivity contribution >= 4 is 21.6 Å². The molecule has 0 aliphatic heterocycles. The van der Waals surface area contributed by atoms with Gasteiger partial charge in [-0.2, -0.15) is 4.72 Å². The van der Waals surface area contributed by atoms with Gasteiger partial charge in [0.25, 0.3) is 0 Å². The fourth-order valence-electron chi connectivity index (χ4n) is 2.15. The average Bonchev–Trinajstić information content (AvgIpc) is 3.17. The zero-order valence-corrected chi connectivity index (χ0v) is 13.3. The van der Waals surface area contributed by atoms with E-state index in [1.807, 2.05) is 0 Å². The van der Waals surface area contributed by atoms with Crippen molar-refractivity contribution in [2.24, 2.45) is 0 Å². The summed E-state index contributed by atoms with van der Waals surface area (Å²) in [6.45, 7) is 4.90. The smallest absolute Gasteiger partial charge is 0.241 e. The molecular weight excluding hydrogens is 290 g/mol. The molecule has 1 aromatic carbocycles. The third kappa shape index (κ3) is 3.54. The number of nitrogen functional groups attached to an aromatic ring is 1. The molecule has 0 saturated heterocycles. The zero-order valence-electron chi connectivity index (χ0n) is 12.4. The molecule has 1 aromatic rings. The van der Waals surface area contributed by atoms with Crippen LogP contribution in [-0.4, -0.2) is 26.4 Å². The highest BCUT2D eigenvalue weighted by Gasteiger charge is 2.29. The van der Waals surface area contributed by atoms with Gasteiger partial charge in [0.1, 0.15) is 0 Å². The molecule has 4 N–H and O–H groups in total. The Morgan fingerprint density at radius 1 is 1.33 bits per heavy atom. The van der Waals surface area contributed by atoms with E-state index in [2.05, 4.69) is 10.0 Å². The summed E-state index contributed by atoms with van der Waals surface area (Å²) in [6.07, 6.45) is 1.91. The summed E-state index contributed by atoms with van der Waals surface area (Å²) in [4.78, 5) is 12.0. The molecule has 0 bridgehead atoms. The Kier molecular flexibility index (Phi) is 4.25. The third-order valence-electron chi connectivity index (χ3n) is 3.56. The molecule has 0 heterocycles. The number of sulfonamides is 1. The number of carbonyl (C=O) groups excluding carboxylic acids is 1. The lowest BCUT2D eigenvalue weighted by Gasteiger charge is -2.17. The molecule has 21 heavy (non-hydrogen) atoms. The summed E-state index contributed by atoms with van der Waals surface area (Å²) >= 11 is 0. The standard InChI is InChI=1S/C14H21N3O3S/c1-8-4-7-12(15)9(2)13(8)21(19,20)17-10(3)14(18)16-11-5-6-11/h4,7,10-11,17H,5-6,15H2,1-3H3,(H,16,18). The first kappa shape index (κ1) is 15.8. The number of aryl methyl sites for hydroxylation is 1. The summed E-state index contributed by atoms with van der Waals surface area (Å²) in [7, 11) is -3.79. The van der Waals surface area contributed by atoms with Crippen LogP contribution >= 0.6 is 0 Å². The Bertz CT molecular complexity index is 666. The fraction of sp³-hybridized carbons (Fsp3) is 0.500. The van der Waals surface area contributed by atoms with Gasteiger partial charge in [-0.3, -0.25) is 4.79 Å². The molecule has 116 valence electrons. The number of benzene rings is 1. The number of anilines is 1. The molecule has 1 saturated carbocycles. The molecule has 7 heteroatoms. The summed E-state index contributed by atoms with van der Waals surface area (Å²) < 4.78 is 27.4. The monoisotopic (exact) mass is 311 g/mol. The maximum absolute atomic E-state index is 12.5. The van der Waals surface area contributed by atoms with Crippen LogP contribution in [0.3, 0.4) is 0 Å². The van der Waals surface area contributed by atoms with E-state index in [1.165, 1.54) is 6.92 Å². The maximum atomic E-state index is 12.5. The second-order valence-electron chi connectivity index (χ2n) is 5.55. The average molecular weight is 311 g/mol. The molecule has 0 aromatic heterocycles. The summed E-state index contributed by atoms with van der Waals surface area (Å²) in [5.41, 5.74) is 7.29. The lowest BCUT2D eigenvalue weighted by molar-refractivity contribution is -0.122. The van der Waals surface area contributed by atoms with Crippen LogP contribution in [0.25, 0.3) is 0 Å². The number of amides is 1. The minimum Gasteiger partial charge on any atom is -0.398 e. The van der Waals surface area contributed by atoms with E-state index in [0.29, 0.717) is 16.8 Å². The first-order valence-corrected chi connectivity index (χ1v) is 8.39. The minimum atomic E-state index is -3.79. The predicted octanol–water partition coefficient (Wildman–Crippen LogP) is 0.831. The number of rotatable bonds is 5. The normalized spacial score (nSPS) is 16.5. The van der Waals surface area contributed by atoms with E-state index in [9.17, 15) is 13.2 Å². The number of carbonyl (C=O) groups is 1. The maximum Gasteiger partial charge on any atom is 0.241 e. The Morgan fingerprint density at radius 2 is 1.95 bits per heavy atom. The van der Waals surface area contributed by atoms with Gasteiger partial charge in [0.05, 0.1) is 10.9 Å². The number of hydrogen-bond acceptors (Lipinski definition) is 4. The van der Waals surface area contributed by atoms with Gasteiger partial charge in [0, 0.05) is 11.7 Å². The van der Waals surface area contributed by atoms with Crippen LogP contribution in [0.2, 0.25) is 0 Å². The molecule has 6 nitrogen and oxygen atoms in total. The largest absolute Gasteiger partial charge is 0.398 e. The van der Waals surface area contributed by atoms with Crippen LogP contribution in [0, 0.1) is 13.8 Å². The van der Waals surface area contributed by atoms with E-state index in [4.69, 9.17) is 5.73 Å². The molecule has 1 amide bonds. The van der Waals surface area contributed by atoms with Crippen LogP contribution in [0.15, 0.2) is 17.0 Å². The van der Waals surface area contributed by atoms with Gasteiger partial charge in [0.2, 0.25) is 15.9 Å². The quantitative estimate of drug-likeness (QED) is 0.701. The van der Waals surface area contributed by atoms with Crippen molar-refractivity contribution in [3.8, 4) is 0 Å². The Hall–Kier alpha value is -1.60. The lowest BCUT2D eigenvalue weighted by Crippen LogP contribution is -2.45. The molecule has 0 radical (unpaired) electrons. The first-order chi connectivity index (χ1) is 9.72. The number of nitrogens with two attached hydrogens (primary N) is 1. The summed E-state index contributed by atoms with van der Waals surface area (Å²) in [5, 5.41) is 2.78. The fourth-order valence-corrected chi connectivity index (χ4v) is 3.86. The van der Waals surface area contributed by atoms with E-state index < -0.39 is 16.1 Å². The van der Waals surface area contributed by atoms with Crippen molar-refractivity contribution in [1.82, 2.24) is 10.0 Å². The van der Waals surface area contributed by atoms with Crippen LogP contribution in [0.5, 0.6) is 0 Å². The Morgan fingerprint density at radius 3 is 2.52 bits per heavy atom. The highest BCUT2D eigenvalue weighted by molar-refractivity contribution is 7.89. The Balaban J connectivity index is 2.22. The molecule has 2 rings (SSSR count). The van der Waals surface area contributed by atoms with E-state index in [1.54, 1.807) is 26.0 Å². The second-order valence-corrected chi connectivity index (χ2v) is 7.20. The van der Waals surface area contributed by atoms with Crippen molar-refractivity contribution in [3.63, 3.8) is 0 Å². The van der Waals surface area contributed by atoms with Crippen LogP contribution in [0.4, 0.5) is 5.69 Å². The van der Waals surface area contributed by atoms with Crippen molar-refractivity contribution < 1.29 is 13.2 Å². The zero-order chi connectivity index (χ0) is 15.8. The molecule has 1 aliphatic carbocycles. The van der Waals surface area contributed by atoms with Crippen LogP contribution in [-0.2, 0) is 14.8 Å². The van der Waals surface area contributed by atoms with E-state index in [0.717, 1.165) is 12.8 Å². The van der Waals surface area contributed by atoms with E-state index in [-0.39, 0.29) is 16.8 Å². The van der Waals surface area contributed by atoms with Gasteiger partial charge >= 0.3 is 0 Å². The van der Waals surface area contributed by atoms with Crippen LogP contribution < -0.4 is 15.8 Å². The van der Waals surface area contributed by atoms with Crippen molar-refractivity contribution in [1.29, 1.82) is 0 Å². The lowest BCUT2D eigenvalue weighted by atomic mass is 10.1. The molecular formula is C14H21N3O3S. The minimum absolute atomic E-state index is 0.147. The molecule has 0 spiro atoms. The van der Waals surface area contributed by atoms with Gasteiger partial charge in [-0.15, -0.1) is 0 Å². The second kappa shape index (κ2) is 5.65. The SMILES string of the molecule is Cc1ccc(N)c(C)c1S(=O)(=O)NC(C)C(=O)NC1CC1. The predicted molar refractivity (Wildman–Crippen MR) is 81.3 cm³/mol. The topological polar surface area (TPSA) is 101 Å².